The van der Waals surface area contributed by atoms with Gasteiger partial charge in [0.2, 0.25) is 0 Å². The van der Waals surface area contributed by atoms with E-state index in [1.54, 1.807) is 24.5 Å². The number of nitrogens with zero attached hydrogens (tertiary/aromatic N) is 2. The molecule has 0 amide bonds. The van der Waals surface area contributed by atoms with E-state index < -0.39 is 5.97 Å². The number of carboxylic acids is 1. The second-order valence-electron chi connectivity index (χ2n) is 4.19. The molecule has 1 aromatic carbocycles. The van der Waals surface area contributed by atoms with Crippen LogP contribution in [0.5, 0.6) is 0 Å². The van der Waals surface area contributed by atoms with Gasteiger partial charge in [0.05, 0.1) is 35.6 Å². The van der Waals surface area contributed by atoms with E-state index in [1.165, 1.54) is 0 Å². The third-order valence-corrected chi connectivity index (χ3v) is 3.06. The molecule has 0 aliphatic carbocycles. The van der Waals surface area contributed by atoms with Crippen LogP contribution in [0.25, 0.3) is 11.0 Å². The van der Waals surface area contributed by atoms with Gasteiger partial charge in [-0.1, -0.05) is 0 Å². The van der Waals surface area contributed by atoms with E-state index in [1.807, 2.05) is 4.57 Å². The quantitative estimate of drug-likeness (QED) is 0.871. The summed E-state index contributed by atoms with van der Waals surface area (Å²) < 4.78 is 7.38. The Morgan fingerprint density at radius 1 is 1.59 bits per heavy atom. The van der Waals surface area contributed by atoms with Crippen LogP contribution in [-0.4, -0.2) is 33.3 Å². The van der Waals surface area contributed by atoms with Crippen molar-refractivity contribution in [2.45, 2.75) is 19.1 Å². The number of ether oxygens (including phenoxy) is 1. The predicted octanol–water partition coefficient (Wildman–Crippen LogP) is 1.52. The van der Waals surface area contributed by atoms with Crippen molar-refractivity contribution in [1.82, 2.24) is 9.55 Å². The predicted molar refractivity (Wildman–Crippen MR) is 61.0 cm³/mol. The Balaban J connectivity index is 1.95. The SMILES string of the molecule is O=C(O)c1ccc2c(c1)ncn2CC1CCO1. The van der Waals surface area contributed by atoms with Gasteiger partial charge in [0.25, 0.3) is 0 Å². The monoisotopic (exact) mass is 232 g/mol. The highest BCUT2D eigenvalue weighted by atomic mass is 16.5. The van der Waals surface area contributed by atoms with Crippen LogP contribution < -0.4 is 0 Å². The third-order valence-electron chi connectivity index (χ3n) is 3.06. The van der Waals surface area contributed by atoms with Gasteiger partial charge in [0, 0.05) is 6.61 Å². The molecule has 0 spiro atoms. The molecule has 1 fully saturated rings. The second-order valence-corrected chi connectivity index (χ2v) is 4.19. The molecule has 1 unspecified atom stereocenters. The molecule has 3 rings (SSSR count). The maximum Gasteiger partial charge on any atom is 0.335 e. The van der Waals surface area contributed by atoms with Gasteiger partial charge in [0.15, 0.2) is 0 Å². The first-order valence-corrected chi connectivity index (χ1v) is 5.54. The fourth-order valence-electron chi connectivity index (χ4n) is 1.99. The number of imidazole rings is 1. The van der Waals surface area contributed by atoms with Gasteiger partial charge in [-0.05, 0) is 24.6 Å². The maximum absolute atomic E-state index is 10.8. The highest BCUT2D eigenvalue weighted by Crippen LogP contribution is 2.19. The molecule has 5 nitrogen and oxygen atoms in total. The molecule has 88 valence electrons. The summed E-state index contributed by atoms with van der Waals surface area (Å²) in [5, 5.41) is 8.89. The van der Waals surface area contributed by atoms with Crippen LogP contribution in [0.4, 0.5) is 0 Å². The highest BCUT2D eigenvalue weighted by Gasteiger charge is 2.19. The number of aromatic carboxylic acids is 1. The zero-order chi connectivity index (χ0) is 11.8. The van der Waals surface area contributed by atoms with Crippen LogP contribution in [0, 0.1) is 0 Å². The van der Waals surface area contributed by atoms with E-state index in [-0.39, 0.29) is 11.7 Å². The Labute approximate surface area is 97.6 Å². The van der Waals surface area contributed by atoms with Crippen molar-refractivity contribution < 1.29 is 14.6 Å². The van der Waals surface area contributed by atoms with Crippen molar-refractivity contribution in [2.75, 3.05) is 6.61 Å². The van der Waals surface area contributed by atoms with E-state index >= 15 is 0 Å². The molecule has 0 saturated carbocycles. The van der Waals surface area contributed by atoms with Crippen molar-refractivity contribution in [3.05, 3.63) is 30.1 Å². The molecule has 0 radical (unpaired) electrons. The van der Waals surface area contributed by atoms with Crippen LogP contribution in [0.3, 0.4) is 0 Å². The zero-order valence-corrected chi connectivity index (χ0v) is 9.17. The minimum atomic E-state index is -0.927. The number of benzene rings is 1. The Hall–Kier alpha value is -1.88. The summed E-state index contributed by atoms with van der Waals surface area (Å²) in [5.74, 6) is -0.927. The first-order chi connectivity index (χ1) is 8.24. The summed E-state index contributed by atoms with van der Waals surface area (Å²) in [5.41, 5.74) is 1.93. The van der Waals surface area contributed by atoms with Gasteiger partial charge in [-0.25, -0.2) is 9.78 Å². The number of rotatable bonds is 3. The Kier molecular flexibility index (Phi) is 2.33. The molecule has 1 aromatic heterocycles. The van der Waals surface area contributed by atoms with Crippen LogP contribution in [0.15, 0.2) is 24.5 Å². The number of carbonyl (C=O) groups is 1. The molecule has 1 atom stereocenters. The minimum Gasteiger partial charge on any atom is -0.478 e. The smallest absolute Gasteiger partial charge is 0.335 e. The summed E-state index contributed by atoms with van der Waals surface area (Å²) in [4.78, 5) is 15.0. The Morgan fingerprint density at radius 3 is 3.06 bits per heavy atom. The molecule has 5 heteroatoms. The maximum atomic E-state index is 10.8. The first kappa shape index (κ1) is 10.3. The number of hydrogen-bond donors (Lipinski definition) is 1. The van der Waals surface area contributed by atoms with E-state index in [9.17, 15) is 4.79 Å². The topological polar surface area (TPSA) is 64.3 Å². The van der Waals surface area contributed by atoms with Gasteiger partial charge in [-0.2, -0.15) is 0 Å². The average Bonchev–Trinajstić information content (AvgIpc) is 2.65. The summed E-state index contributed by atoms with van der Waals surface area (Å²) in [6, 6.07) is 4.99. The standard InChI is InChI=1S/C12H12N2O3/c15-12(16)8-1-2-11-10(5-8)13-7-14(11)6-9-3-4-17-9/h1-2,5,7,9H,3-4,6H2,(H,15,16). The van der Waals surface area contributed by atoms with Crippen molar-refractivity contribution in [1.29, 1.82) is 0 Å². The molecular weight excluding hydrogens is 220 g/mol. The lowest BCUT2D eigenvalue weighted by molar-refractivity contribution is -0.0586. The van der Waals surface area contributed by atoms with Crippen molar-refractivity contribution in [3.63, 3.8) is 0 Å². The lowest BCUT2D eigenvalue weighted by Crippen LogP contribution is -2.30. The van der Waals surface area contributed by atoms with Crippen LogP contribution in [0.1, 0.15) is 16.8 Å². The van der Waals surface area contributed by atoms with Crippen molar-refractivity contribution >= 4 is 17.0 Å². The Morgan fingerprint density at radius 2 is 2.41 bits per heavy atom. The molecule has 17 heavy (non-hydrogen) atoms. The second kappa shape index (κ2) is 3.85. The van der Waals surface area contributed by atoms with Crippen molar-refractivity contribution in [2.24, 2.45) is 0 Å². The van der Waals surface area contributed by atoms with Crippen LogP contribution >= 0.6 is 0 Å². The number of aromatic nitrogens is 2. The number of fused-ring (bicyclic) bond motifs is 1. The van der Waals surface area contributed by atoms with Crippen molar-refractivity contribution in [3.8, 4) is 0 Å². The summed E-state index contributed by atoms with van der Waals surface area (Å²) in [7, 11) is 0. The molecular formula is C12H12N2O3. The largest absolute Gasteiger partial charge is 0.478 e. The van der Waals surface area contributed by atoms with Gasteiger partial charge < -0.3 is 14.4 Å². The fraction of sp³-hybridized carbons (Fsp3) is 0.333. The zero-order valence-electron chi connectivity index (χ0n) is 9.17. The molecule has 2 aromatic rings. The molecule has 1 aliphatic rings. The lowest BCUT2D eigenvalue weighted by Gasteiger charge is -2.26. The number of carboxylic acid groups (broad SMARTS) is 1. The highest BCUT2D eigenvalue weighted by molar-refractivity contribution is 5.92. The molecule has 2 heterocycles. The van der Waals surface area contributed by atoms with Gasteiger partial charge in [-0.15, -0.1) is 0 Å². The Bertz CT molecular complexity index is 572. The van der Waals surface area contributed by atoms with Gasteiger partial charge in [0.1, 0.15) is 0 Å². The first-order valence-electron chi connectivity index (χ1n) is 5.54. The van der Waals surface area contributed by atoms with E-state index in [4.69, 9.17) is 9.84 Å². The van der Waals surface area contributed by atoms with E-state index in [2.05, 4.69) is 4.98 Å². The summed E-state index contributed by atoms with van der Waals surface area (Å²) in [6.07, 6.45) is 3.08. The number of hydrogen-bond acceptors (Lipinski definition) is 3. The summed E-state index contributed by atoms with van der Waals surface area (Å²) >= 11 is 0. The van der Waals surface area contributed by atoms with E-state index in [0.29, 0.717) is 5.52 Å². The minimum absolute atomic E-state index is 0.266. The van der Waals surface area contributed by atoms with Gasteiger partial charge >= 0.3 is 5.97 Å². The van der Waals surface area contributed by atoms with Crippen LogP contribution in [0.2, 0.25) is 0 Å². The molecule has 1 aliphatic heterocycles. The van der Waals surface area contributed by atoms with E-state index in [0.717, 1.165) is 25.1 Å². The molecule has 1 saturated heterocycles. The fourth-order valence-corrected chi connectivity index (χ4v) is 1.99. The third kappa shape index (κ3) is 1.78. The average molecular weight is 232 g/mol. The molecule has 1 N–H and O–H groups in total. The van der Waals surface area contributed by atoms with Crippen LogP contribution in [-0.2, 0) is 11.3 Å². The van der Waals surface area contributed by atoms with Gasteiger partial charge in [-0.3, -0.25) is 0 Å². The normalized spacial score (nSPS) is 19.2. The lowest BCUT2D eigenvalue weighted by atomic mass is 10.1. The molecule has 0 bridgehead atoms. The summed E-state index contributed by atoms with van der Waals surface area (Å²) in [6.45, 7) is 1.61.